The zero-order valence-corrected chi connectivity index (χ0v) is 11.6. The lowest BCUT2D eigenvalue weighted by molar-refractivity contribution is -0.124. The van der Waals surface area contributed by atoms with E-state index in [1.165, 1.54) is 0 Å². The van der Waals surface area contributed by atoms with E-state index in [9.17, 15) is 9.59 Å². The van der Waals surface area contributed by atoms with Crippen LogP contribution in [-0.4, -0.2) is 30.4 Å². The molecule has 2 aliphatic heterocycles. The van der Waals surface area contributed by atoms with Crippen LogP contribution in [0.25, 0.3) is 0 Å². The minimum absolute atomic E-state index is 0.00106. The Kier molecular flexibility index (Phi) is 3.44. The van der Waals surface area contributed by atoms with Crippen LogP contribution in [-0.2, 0) is 16.1 Å². The fraction of sp³-hybridized carbons (Fsp3) is 0.467. The Morgan fingerprint density at radius 2 is 2.15 bits per heavy atom. The van der Waals surface area contributed by atoms with Gasteiger partial charge in [-0.15, -0.1) is 0 Å². The second kappa shape index (κ2) is 5.25. The smallest absolute Gasteiger partial charge is 0.249 e. The molecule has 2 amide bonds. The van der Waals surface area contributed by atoms with Gasteiger partial charge in [0.15, 0.2) is 0 Å². The summed E-state index contributed by atoms with van der Waals surface area (Å²) in [5, 5.41) is 6.17. The number of hydrogen-bond acceptors (Lipinski definition) is 3. The van der Waals surface area contributed by atoms with E-state index in [0.717, 1.165) is 17.8 Å². The van der Waals surface area contributed by atoms with Crippen LogP contribution in [0.4, 0.5) is 5.69 Å². The van der Waals surface area contributed by atoms with Gasteiger partial charge in [-0.2, -0.15) is 0 Å². The second-order valence-corrected chi connectivity index (χ2v) is 5.52. The molecule has 106 valence electrons. The molecule has 0 spiro atoms. The number of amides is 2. The average molecular weight is 273 g/mol. The number of carbonyl (C=O) groups excluding carboxylic acids is 2. The molecule has 1 saturated heterocycles. The topological polar surface area (TPSA) is 61.4 Å². The predicted octanol–water partition coefficient (Wildman–Crippen LogP) is 0.790. The first kappa shape index (κ1) is 13.1. The number of rotatable bonds is 1. The molecule has 2 heterocycles. The van der Waals surface area contributed by atoms with Gasteiger partial charge >= 0.3 is 0 Å². The monoisotopic (exact) mass is 273 g/mol. The Hall–Kier alpha value is -1.88. The number of para-hydroxylation sites is 1. The van der Waals surface area contributed by atoms with E-state index in [1.807, 2.05) is 29.2 Å². The number of nitrogens with zero attached hydrogens (tertiary/aromatic N) is 1. The molecule has 3 rings (SSSR count). The van der Waals surface area contributed by atoms with E-state index in [2.05, 4.69) is 17.6 Å². The molecule has 1 fully saturated rings. The molecule has 1 aromatic rings. The standard InChI is InChI=1S/C15H19N3O2/c1-10-9-18(15(20)12-6-7-14(19)17-12)13-5-3-2-4-11(13)8-16-10/h2-5,10,12,16H,6-9H2,1H3,(H,17,19)/t10?,12-/m1/s1. The van der Waals surface area contributed by atoms with E-state index < -0.39 is 0 Å². The van der Waals surface area contributed by atoms with E-state index in [-0.39, 0.29) is 23.9 Å². The highest BCUT2D eigenvalue weighted by Gasteiger charge is 2.33. The zero-order chi connectivity index (χ0) is 14.1. The molecule has 0 bridgehead atoms. The van der Waals surface area contributed by atoms with E-state index >= 15 is 0 Å². The molecular formula is C15H19N3O2. The van der Waals surface area contributed by atoms with Crippen molar-refractivity contribution in [2.45, 2.75) is 38.4 Å². The normalized spacial score (nSPS) is 25.9. The van der Waals surface area contributed by atoms with Crippen LogP contribution in [0.1, 0.15) is 25.3 Å². The van der Waals surface area contributed by atoms with Crippen molar-refractivity contribution in [3.8, 4) is 0 Å². The van der Waals surface area contributed by atoms with Gasteiger partial charge in [0.05, 0.1) is 0 Å². The number of fused-ring (bicyclic) bond motifs is 1. The maximum absolute atomic E-state index is 12.7. The van der Waals surface area contributed by atoms with Gasteiger partial charge in [0, 0.05) is 31.2 Å². The lowest BCUT2D eigenvalue weighted by Crippen LogP contribution is -2.48. The van der Waals surface area contributed by atoms with Crippen molar-refractivity contribution >= 4 is 17.5 Å². The first-order valence-electron chi connectivity index (χ1n) is 7.07. The first-order chi connectivity index (χ1) is 9.65. The zero-order valence-electron chi connectivity index (χ0n) is 11.6. The maximum atomic E-state index is 12.7. The van der Waals surface area contributed by atoms with Crippen LogP contribution in [0.15, 0.2) is 24.3 Å². The summed E-state index contributed by atoms with van der Waals surface area (Å²) < 4.78 is 0. The van der Waals surface area contributed by atoms with Crippen LogP contribution in [0.2, 0.25) is 0 Å². The summed E-state index contributed by atoms with van der Waals surface area (Å²) in [6.45, 7) is 3.46. The number of nitrogens with one attached hydrogen (secondary N) is 2. The van der Waals surface area contributed by atoms with Gasteiger partial charge in [-0.3, -0.25) is 9.59 Å². The largest absolute Gasteiger partial charge is 0.344 e. The molecule has 0 saturated carbocycles. The van der Waals surface area contributed by atoms with Crippen LogP contribution in [0, 0.1) is 0 Å². The van der Waals surface area contributed by atoms with Gasteiger partial charge in [-0.25, -0.2) is 0 Å². The van der Waals surface area contributed by atoms with Gasteiger partial charge in [-0.1, -0.05) is 18.2 Å². The predicted molar refractivity (Wildman–Crippen MR) is 76.3 cm³/mol. The minimum atomic E-state index is -0.374. The fourth-order valence-corrected chi connectivity index (χ4v) is 2.84. The van der Waals surface area contributed by atoms with Crippen molar-refractivity contribution in [1.29, 1.82) is 0 Å². The van der Waals surface area contributed by atoms with Crippen molar-refractivity contribution in [3.63, 3.8) is 0 Å². The van der Waals surface area contributed by atoms with Gasteiger partial charge in [0.2, 0.25) is 11.8 Å². The minimum Gasteiger partial charge on any atom is -0.344 e. The van der Waals surface area contributed by atoms with E-state index in [4.69, 9.17) is 0 Å². The van der Waals surface area contributed by atoms with Crippen LogP contribution in [0.3, 0.4) is 0 Å². The third kappa shape index (κ3) is 2.41. The Labute approximate surface area is 118 Å². The van der Waals surface area contributed by atoms with E-state index in [0.29, 0.717) is 19.4 Å². The molecule has 5 heteroatoms. The number of carbonyl (C=O) groups is 2. The summed E-state index contributed by atoms with van der Waals surface area (Å²) in [6, 6.07) is 7.79. The first-order valence-corrected chi connectivity index (χ1v) is 7.07. The summed E-state index contributed by atoms with van der Waals surface area (Å²) in [5.41, 5.74) is 2.07. The summed E-state index contributed by atoms with van der Waals surface area (Å²) in [7, 11) is 0. The highest BCUT2D eigenvalue weighted by atomic mass is 16.2. The molecule has 5 nitrogen and oxygen atoms in total. The second-order valence-electron chi connectivity index (χ2n) is 5.52. The molecule has 2 N–H and O–H groups in total. The summed E-state index contributed by atoms with van der Waals surface area (Å²) in [6.07, 6.45) is 1.04. The van der Waals surface area contributed by atoms with Gasteiger partial charge < -0.3 is 15.5 Å². The third-order valence-electron chi connectivity index (χ3n) is 3.94. The van der Waals surface area contributed by atoms with Crippen molar-refractivity contribution in [1.82, 2.24) is 10.6 Å². The highest BCUT2D eigenvalue weighted by Crippen LogP contribution is 2.25. The fourth-order valence-electron chi connectivity index (χ4n) is 2.84. The molecule has 20 heavy (non-hydrogen) atoms. The molecule has 2 atom stereocenters. The van der Waals surface area contributed by atoms with Crippen molar-refractivity contribution in [2.75, 3.05) is 11.4 Å². The number of anilines is 1. The Morgan fingerprint density at radius 3 is 2.90 bits per heavy atom. The molecule has 0 aliphatic carbocycles. The molecule has 0 radical (unpaired) electrons. The van der Waals surface area contributed by atoms with Crippen LogP contribution in [0.5, 0.6) is 0 Å². The van der Waals surface area contributed by atoms with Crippen molar-refractivity contribution in [3.05, 3.63) is 29.8 Å². The molecule has 0 aromatic heterocycles. The Balaban J connectivity index is 1.90. The number of hydrogen-bond donors (Lipinski definition) is 2. The van der Waals surface area contributed by atoms with Gasteiger partial charge in [0.25, 0.3) is 0 Å². The van der Waals surface area contributed by atoms with Gasteiger partial charge in [0.1, 0.15) is 6.04 Å². The SMILES string of the molecule is CC1CN(C(=O)[C@H]2CCC(=O)N2)c2ccccc2CN1. The average Bonchev–Trinajstić information content (AvgIpc) is 2.81. The third-order valence-corrected chi connectivity index (χ3v) is 3.94. The lowest BCUT2D eigenvalue weighted by atomic mass is 10.1. The van der Waals surface area contributed by atoms with Crippen LogP contribution < -0.4 is 15.5 Å². The molecule has 1 unspecified atom stereocenters. The summed E-state index contributed by atoms with van der Waals surface area (Å²) in [4.78, 5) is 25.8. The summed E-state index contributed by atoms with van der Waals surface area (Å²) in [5.74, 6) is -0.0310. The quantitative estimate of drug-likeness (QED) is 0.795. The maximum Gasteiger partial charge on any atom is 0.249 e. The molecular weight excluding hydrogens is 254 g/mol. The number of benzene rings is 1. The van der Waals surface area contributed by atoms with Crippen molar-refractivity contribution < 1.29 is 9.59 Å². The molecule has 2 aliphatic rings. The van der Waals surface area contributed by atoms with E-state index in [1.54, 1.807) is 0 Å². The van der Waals surface area contributed by atoms with Crippen LogP contribution >= 0.6 is 0 Å². The summed E-state index contributed by atoms with van der Waals surface area (Å²) >= 11 is 0. The highest BCUT2D eigenvalue weighted by molar-refractivity contribution is 6.01. The van der Waals surface area contributed by atoms with Crippen molar-refractivity contribution in [2.24, 2.45) is 0 Å². The van der Waals surface area contributed by atoms with Gasteiger partial charge in [-0.05, 0) is 25.0 Å². The lowest BCUT2D eigenvalue weighted by Gasteiger charge is -2.27. The Bertz CT molecular complexity index is 544. The molecule has 1 aromatic carbocycles. The Morgan fingerprint density at radius 1 is 1.35 bits per heavy atom.